The maximum atomic E-state index is 13.2. The molecule has 0 fully saturated rings. The van der Waals surface area contributed by atoms with Crippen LogP contribution in [0.2, 0.25) is 0 Å². The average molecular weight is 362 g/mol. The molecule has 1 aromatic heterocycles. The normalized spacial score (nSPS) is 15.9. The van der Waals surface area contributed by atoms with Crippen LogP contribution in [-0.4, -0.2) is 27.9 Å². The number of hydrogen-bond acceptors (Lipinski definition) is 4. The molecule has 0 radical (unpaired) electrons. The molecule has 1 atom stereocenters. The van der Waals surface area contributed by atoms with Gasteiger partial charge in [0.2, 0.25) is 5.91 Å². The van der Waals surface area contributed by atoms with Gasteiger partial charge in [0, 0.05) is 26.4 Å². The van der Waals surface area contributed by atoms with Crippen LogP contribution in [0.4, 0.5) is 5.69 Å². The summed E-state index contributed by atoms with van der Waals surface area (Å²) in [6, 6.07) is 17.2. The Morgan fingerprint density at radius 2 is 1.89 bits per heavy atom. The van der Waals surface area contributed by atoms with E-state index in [1.807, 2.05) is 68.7 Å². The first-order valence-corrected chi connectivity index (χ1v) is 9.10. The van der Waals surface area contributed by atoms with Crippen molar-refractivity contribution in [2.24, 2.45) is 13.0 Å². The number of hydrogen-bond donors (Lipinski definition) is 0. The van der Waals surface area contributed by atoms with Crippen molar-refractivity contribution < 1.29 is 9.53 Å². The third kappa shape index (κ3) is 3.43. The molecule has 6 heteroatoms. The minimum atomic E-state index is -0.0792. The predicted octanol–water partition coefficient (Wildman–Crippen LogP) is 3.38. The Kier molecular flexibility index (Phi) is 4.62. The van der Waals surface area contributed by atoms with Gasteiger partial charge in [0.05, 0.1) is 17.1 Å². The molecular weight excluding hydrogens is 340 g/mol. The topological polar surface area (TPSA) is 60.2 Å². The summed E-state index contributed by atoms with van der Waals surface area (Å²) in [4.78, 5) is 14.9. The second kappa shape index (κ2) is 7.23. The molecule has 1 amide bonds. The molecule has 1 heterocycles. The zero-order valence-corrected chi connectivity index (χ0v) is 15.5. The summed E-state index contributed by atoms with van der Waals surface area (Å²) >= 11 is 0. The molecular formula is C21H22N4O2. The fourth-order valence-electron chi connectivity index (χ4n) is 3.55. The number of anilines is 1. The van der Waals surface area contributed by atoms with Gasteiger partial charge in [-0.25, -0.2) is 0 Å². The molecule has 0 bridgehead atoms. The molecule has 0 aliphatic heterocycles. The SMILES string of the molecule is CN(C(=O)C1CCc2nnn(C)c2C1)c1ccccc1Oc1ccccc1. The Bertz CT molecular complexity index is 952. The number of rotatable bonds is 4. The number of aryl methyl sites for hydroxylation is 2. The van der Waals surface area contributed by atoms with Gasteiger partial charge in [-0.05, 0) is 37.1 Å². The predicted molar refractivity (Wildman–Crippen MR) is 103 cm³/mol. The Labute approximate surface area is 158 Å². The average Bonchev–Trinajstić information content (AvgIpc) is 3.08. The fraction of sp³-hybridized carbons (Fsp3) is 0.286. The standard InChI is InChI=1S/C21H22N4O2/c1-24(21(26)15-12-13-17-19(14-15)25(2)23-22-17)18-10-6-7-11-20(18)27-16-8-4-3-5-9-16/h3-11,15H,12-14H2,1-2H3. The van der Waals surface area contributed by atoms with Crippen LogP contribution in [0, 0.1) is 5.92 Å². The zero-order valence-electron chi connectivity index (χ0n) is 15.5. The quantitative estimate of drug-likeness (QED) is 0.714. The van der Waals surface area contributed by atoms with Gasteiger partial charge in [-0.15, -0.1) is 5.10 Å². The monoisotopic (exact) mass is 362 g/mol. The molecule has 138 valence electrons. The zero-order chi connectivity index (χ0) is 18.8. The minimum Gasteiger partial charge on any atom is -0.455 e. The molecule has 6 nitrogen and oxygen atoms in total. The van der Waals surface area contributed by atoms with E-state index in [0.717, 1.165) is 35.7 Å². The van der Waals surface area contributed by atoms with Crippen LogP contribution in [0.5, 0.6) is 11.5 Å². The van der Waals surface area contributed by atoms with E-state index >= 15 is 0 Å². The van der Waals surface area contributed by atoms with E-state index in [1.54, 1.807) is 9.58 Å². The molecule has 1 unspecified atom stereocenters. The second-order valence-corrected chi connectivity index (χ2v) is 6.83. The summed E-state index contributed by atoms with van der Waals surface area (Å²) in [5.41, 5.74) is 2.83. The third-order valence-electron chi connectivity index (χ3n) is 5.07. The van der Waals surface area contributed by atoms with Crippen LogP contribution in [0.15, 0.2) is 54.6 Å². The lowest BCUT2D eigenvalue weighted by molar-refractivity contribution is -0.122. The fourth-order valence-corrected chi connectivity index (χ4v) is 3.55. The molecule has 4 rings (SSSR count). The third-order valence-corrected chi connectivity index (χ3v) is 5.07. The van der Waals surface area contributed by atoms with Gasteiger partial charge in [-0.1, -0.05) is 35.5 Å². The lowest BCUT2D eigenvalue weighted by atomic mass is 9.88. The van der Waals surface area contributed by atoms with Crippen LogP contribution in [0.25, 0.3) is 0 Å². The number of ether oxygens (including phenoxy) is 1. The van der Waals surface area contributed by atoms with Crippen molar-refractivity contribution in [2.45, 2.75) is 19.3 Å². The Morgan fingerprint density at radius 3 is 2.70 bits per heavy atom. The van der Waals surface area contributed by atoms with Crippen LogP contribution in [-0.2, 0) is 24.7 Å². The highest BCUT2D eigenvalue weighted by Crippen LogP contribution is 2.33. The molecule has 0 saturated heterocycles. The smallest absolute Gasteiger partial charge is 0.230 e. The number of benzene rings is 2. The van der Waals surface area contributed by atoms with Crippen LogP contribution < -0.4 is 9.64 Å². The largest absolute Gasteiger partial charge is 0.455 e. The summed E-state index contributed by atoms with van der Waals surface area (Å²) in [6.45, 7) is 0. The first-order chi connectivity index (χ1) is 13.1. The number of amides is 1. The first kappa shape index (κ1) is 17.3. The van der Waals surface area contributed by atoms with E-state index in [0.29, 0.717) is 12.2 Å². The molecule has 1 aliphatic carbocycles. The van der Waals surface area contributed by atoms with Crippen LogP contribution >= 0.6 is 0 Å². The minimum absolute atomic E-state index is 0.0792. The number of carbonyl (C=O) groups excluding carboxylic acids is 1. The van der Waals surface area contributed by atoms with Gasteiger partial charge in [-0.2, -0.15) is 0 Å². The molecule has 0 N–H and O–H groups in total. The summed E-state index contributed by atoms with van der Waals surface area (Å²) in [5.74, 6) is 1.42. The van der Waals surface area contributed by atoms with Crippen molar-refractivity contribution in [2.75, 3.05) is 11.9 Å². The molecule has 27 heavy (non-hydrogen) atoms. The van der Waals surface area contributed by atoms with Gasteiger partial charge >= 0.3 is 0 Å². The Morgan fingerprint density at radius 1 is 1.15 bits per heavy atom. The van der Waals surface area contributed by atoms with Gasteiger partial charge in [0.25, 0.3) is 0 Å². The van der Waals surface area contributed by atoms with Gasteiger partial charge in [0.1, 0.15) is 5.75 Å². The first-order valence-electron chi connectivity index (χ1n) is 9.10. The Hall–Kier alpha value is -3.15. The molecule has 0 spiro atoms. The van der Waals surface area contributed by atoms with Crippen molar-refractivity contribution in [3.8, 4) is 11.5 Å². The van der Waals surface area contributed by atoms with Crippen molar-refractivity contribution >= 4 is 11.6 Å². The van der Waals surface area contributed by atoms with E-state index in [2.05, 4.69) is 10.3 Å². The number of fused-ring (bicyclic) bond motifs is 1. The lowest BCUT2D eigenvalue weighted by Crippen LogP contribution is -2.36. The summed E-state index contributed by atoms with van der Waals surface area (Å²) < 4.78 is 7.79. The number of aromatic nitrogens is 3. The molecule has 3 aromatic rings. The van der Waals surface area contributed by atoms with Gasteiger partial charge in [-0.3, -0.25) is 9.48 Å². The number of carbonyl (C=O) groups is 1. The Balaban J connectivity index is 1.55. The van der Waals surface area contributed by atoms with Gasteiger partial charge < -0.3 is 9.64 Å². The molecule has 2 aromatic carbocycles. The second-order valence-electron chi connectivity index (χ2n) is 6.83. The number of nitrogens with zero attached hydrogens (tertiary/aromatic N) is 4. The summed E-state index contributed by atoms with van der Waals surface area (Å²) in [7, 11) is 3.69. The van der Waals surface area contributed by atoms with Crippen LogP contribution in [0.1, 0.15) is 17.8 Å². The van der Waals surface area contributed by atoms with E-state index in [1.165, 1.54) is 0 Å². The van der Waals surface area contributed by atoms with E-state index in [4.69, 9.17) is 4.74 Å². The van der Waals surface area contributed by atoms with E-state index < -0.39 is 0 Å². The van der Waals surface area contributed by atoms with E-state index in [9.17, 15) is 4.79 Å². The van der Waals surface area contributed by atoms with E-state index in [-0.39, 0.29) is 11.8 Å². The maximum Gasteiger partial charge on any atom is 0.230 e. The van der Waals surface area contributed by atoms with Crippen molar-refractivity contribution in [3.63, 3.8) is 0 Å². The van der Waals surface area contributed by atoms with Crippen molar-refractivity contribution in [1.82, 2.24) is 15.0 Å². The van der Waals surface area contributed by atoms with Gasteiger partial charge in [0.15, 0.2) is 5.75 Å². The highest BCUT2D eigenvalue weighted by atomic mass is 16.5. The summed E-state index contributed by atoms with van der Waals surface area (Å²) in [5, 5.41) is 8.26. The lowest BCUT2D eigenvalue weighted by Gasteiger charge is -2.27. The highest BCUT2D eigenvalue weighted by Gasteiger charge is 2.31. The maximum absolute atomic E-state index is 13.2. The summed E-state index contributed by atoms with van der Waals surface area (Å²) in [6.07, 6.45) is 2.25. The van der Waals surface area contributed by atoms with Crippen molar-refractivity contribution in [3.05, 3.63) is 66.0 Å². The van der Waals surface area contributed by atoms with Crippen LogP contribution in [0.3, 0.4) is 0 Å². The molecule has 1 aliphatic rings. The highest BCUT2D eigenvalue weighted by molar-refractivity contribution is 5.96. The molecule has 0 saturated carbocycles. The number of para-hydroxylation sites is 3. The van der Waals surface area contributed by atoms with Crippen molar-refractivity contribution in [1.29, 1.82) is 0 Å².